The summed E-state index contributed by atoms with van der Waals surface area (Å²) in [5, 5.41) is 13.8. The van der Waals surface area contributed by atoms with Crippen molar-refractivity contribution in [3.8, 4) is 10.6 Å². The number of benzene rings is 1. The Morgan fingerprint density at radius 1 is 0.900 bits per heavy atom. The number of hydrogen-bond donors (Lipinski definition) is 0. The number of carbonyl (C=O) groups is 2. The van der Waals surface area contributed by atoms with Crippen LogP contribution in [0.2, 0.25) is 0 Å². The van der Waals surface area contributed by atoms with Crippen LogP contribution in [0.5, 0.6) is 0 Å². The van der Waals surface area contributed by atoms with Gasteiger partial charge in [-0.3, -0.25) is 9.59 Å². The summed E-state index contributed by atoms with van der Waals surface area (Å²) in [7, 11) is 0. The molecule has 0 N–H and O–H groups in total. The molecule has 0 radical (unpaired) electrons. The molecule has 2 heterocycles. The van der Waals surface area contributed by atoms with Crippen molar-refractivity contribution in [1.82, 2.24) is 29.6 Å². The zero-order chi connectivity index (χ0) is 21.7. The van der Waals surface area contributed by atoms with Crippen LogP contribution in [0, 0.1) is 0 Å². The van der Waals surface area contributed by atoms with Gasteiger partial charge in [-0.25, -0.2) is 0 Å². The first-order valence-electron chi connectivity index (χ1n) is 10.4. The molecule has 160 valence electrons. The Balaban J connectivity index is 1.89. The molecule has 0 fully saturated rings. The lowest BCUT2D eigenvalue weighted by Gasteiger charge is -2.19. The van der Waals surface area contributed by atoms with Gasteiger partial charge in [-0.05, 0) is 33.3 Å². The molecule has 2 aromatic heterocycles. The molecule has 0 unspecified atom stereocenters. The first-order chi connectivity index (χ1) is 14.5. The van der Waals surface area contributed by atoms with Gasteiger partial charge in [0.1, 0.15) is 5.01 Å². The molecule has 30 heavy (non-hydrogen) atoms. The van der Waals surface area contributed by atoms with Crippen LogP contribution in [0.3, 0.4) is 0 Å². The maximum atomic E-state index is 12.6. The molecule has 0 atom stereocenters. The number of likely N-dealkylation sites (N-methyl/N-ethyl adjacent to an activating group) is 2. The lowest BCUT2D eigenvalue weighted by atomic mass is 10.0. The van der Waals surface area contributed by atoms with Gasteiger partial charge < -0.3 is 9.80 Å². The third-order valence-corrected chi connectivity index (χ3v) is 6.12. The highest BCUT2D eigenvalue weighted by Crippen LogP contribution is 2.29. The summed E-state index contributed by atoms with van der Waals surface area (Å²) in [5.74, 6) is 0.635. The number of aromatic nitrogens is 4. The topological polar surface area (TPSA) is 83.7 Å². The summed E-state index contributed by atoms with van der Waals surface area (Å²) in [6.45, 7) is 10.6. The molecular weight excluding hydrogens is 400 g/mol. The summed E-state index contributed by atoms with van der Waals surface area (Å²) >= 11 is 1.41. The Labute approximate surface area is 180 Å². The SMILES string of the molecule is CCN(CC)C(=O)Cc1ccccc1-c1nn2c(CC(=O)N(CC)CC)nnc2s1. The predicted molar refractivity (Wildman–Crippen MR) is 117 cm³/mol. The summed E-state index contributed by atoms with van der Waals surface area (Å²) < 4.78 is 1.64. The van der Waals surface area contributed by atoms with Crippen molar-refractivity contribution in [2.75, 3.05) is 26.2 Å². The molecule has 0 saturated carbocycles. The van der Waals surface area contributed by atoms with Crippen LogP contribution in [0.15, 0.2) is 24.3 Å². The fourth-order valence-electron chi connectivity index (χ4n) is 3.43. The minimum atomic E-state index is 0.00840. The minimum Gasteiger partial charge on any atom is -0.343 e. The fraction of sp³-hybridized carbons (Fsp3) is 0.476. The van der Waals surface area contributed by atoms with E-state index in [1.54, 1.807) is 9.42 Å². The lowest BCUT2D eigenvalue weighted by molar-refractivity contribution is -0.131. The third-order valence-electron chi connectivity index (χ3n) is 5.19. The standard InChI is InChI=1S/C21H28N6O2S/c1-5-25(6-2)18(28)13-15-11-9-10-12-16(15)20-24-27-17(22-23-21(27)30-20)14-19(29)26(7-3)8-4/h9-12H,5-8,13-14H2,1-4H3. The molecule has 0 spiro atoms. The van der Waals surface area contributed by atoms with Crippen LogP contribution in [0.25, 0.3) is 15.5 Å². The second-order valence-corrected chi connectivity index (χ2v) is 7.82. The van der Waals surface area contributed by atoms with Gasteiger partial charge in [-0.1, -0.05) is 35.6 Å². The molecule has 3 aromatic rings. The molecule has 0 aliphatic carbocycles. The fourth-order valence-corrected chi connectivity index (χ4v) is 4.35. The molecule has 8 nitrogen and oxygen atoms in total. The van der Waals surface area contributed by atoms with Crippen molar-refractivity contribution >= 4 is 28.1 Å². The quantitative estimate of drug-likeness (QED) is 0.523. The Morgan fingerprint density at radius 3 is 2.13 bits per heavy atom. The number of carbonyl (C=O) groups excluding carboxylic acids is 2. The van der Waals surface area contributed by atoms with Gasteiger partial charge in [0.2, 0.25) is 16.8 Å². The van der Waals surface area contributed by atoms with Crippen molar-refractivity contribution in [2.24, 2.45) is 0 Å². The highest BCUT2D eigenvalue weighted by atomic mass is 32.1. The van der Waals surface area contributed by atoms with E-state index in [1.165, 1.54) is 11.3 Å². The van der Waals surface area contributed by atoms with Gasteiger partial charge in [-0.2, -0.15) is 9.61 Å². The molecule has 0 aliphatic heterocycles. The van der Waals surface area contributed by atoms with Gasteiger partial charge in [0, 0.05) is 31.7 Å². The zero-order valence-corrected chi connectivity index (χ0v) is 18.8. The van der Waals surface area contributed by atoms with E-state index in [0.717, 1.165) is 16.1 Å². The van der Waals surface area contributed by atoms with Gasteiger partial charge in [0.05, 0.1) is 12.8 Å². The number of fused-ring (bicyclic) bond motifs is 1. The Kier molecular flexibility index (Phi) is 7.15. The van der Waals surface area contributed by atoms with E-state index in [4.69, 9.17) is 0 Å². The van der Waals surface area contributed by atoms with Crippen molar-refractivity contribution in [3.63, 3.8) is 0 Å². The lowest BCUT2D eigenvalue weighted by Crippen LogP contribution is -2.32. The van der Waals surface area contributed by atoms with E-state index in [0.29, 0.717) is 43.4 Å². The van der Waals surface area contributed by atoms with Crippen LogP contribution in [0.1, 0.15) is 39.1 Å². The van der Waals surface area contributed by atoms with Gasteiger partial charge in [-0.15, -0.1) is 10.2 Å². The molecule has 0 aliphatic rings. The summed E-state index contributed by atoms with van der Waals surface area (Å²) in [5.41, 5.74) is 1.84. The molecular formula is C21H28N6O2S. The highest BCUT2D eigenvalue weighted by Gasteiger charge is 2.20. The monoisotopic (exact) mass is 428 g/mol. The number of rotatable bonds is 9. The molecule has 3 rings (SSSR count). The number of hydrogen-bond acceptors (Lipinski definition) is 6. The molecule has 9 heteroatoms. The first-order valence-corrected chi connectivity index (χ1v) is 11.2. The minimum absolute atomic E-state index is 0.00840. The maximum Gasteiger partial charge on any atom is 0.234 e. The number of nitrogens with zero attached hydrogens (tertiary/aromatic N) is 6. The summed E-state index contributed by atoms with van der Waals surface area (Å²) in [6.07, 6.45) is 0.486. The normalized spacial score (nSPS) is 11.1. The Bertz CT molecular complexity index is 1020. The van der Waals surface area contributed by atoms with Gasteiger partial charge >= 0.3 is 0 Å². The second-order valence-electron chi connectivity index (χ2n) is 6.86. The largest absolute Gasteiger partial charge is 0.343 e. The second kappa shape index (κ2) is 9.80. The maximum absolute atomic E-state index is 12.6. The van der Waals surface area contributed by atoms with Crippen molar-refractivity contribution in [3.05, 3.63) is 35.7 Å². The van der Waals surface area contributed by atoms with Crippen molar-refractivity contribution in [1.29, 1.82) is 0 Å². The third kappa shape index (κ3) is 4.51. The van der Waals surface area contributed by atoms with Crippen LogP contribution >= 0.6 is 11.3 Å². The smallest absolute Gasteiger partial charge is 0.234 e. The molecule has 2 amide bonds. The van der Waals surface area contributed by atoms with E-state index in [2.05, 4.69) is 15.3 Å². The number of amides is 2. The van der Waals surface area contributed by atoms with Gasteiger partial charge in [0.25, 0.3) is 0 Å². The van der Waals surface area contributed by atoms with Crippen molar-refractivity contribution < 1.29 is 9.59 Å². The van der Waals surface area contributed by atoms with E-state index in [-0.39, 0.29) is 18.2 Å². The van der Waals surface area contributed by atoms with E-state index < -0.39 is 0 Å². The summed E-state index contributed by atoms with van der Waals surface area (Å²) in [4.78, 5) is 29.3. The Morgan fingerprint density at radius 2 is 1.50 bits per heavy atom. The molecule has 0 saturated heterocycles. The van der Waals surface area contributed by atoms with Crippen LogP contribution < -0.4 is 0 Å². The van der Waals surface area contributed by atoms with Gasteiger partial charge in [0.15, 0.2) is 5.82 Å². The van der Waals surface area contributed by atoms with E-state index >= 15 is 0 Å². The van der Waals surface area contributed by atoms with Crippen LogP contribution in [-0.2, 0) is 22.4 Å². The average molecular weight is 429 g/mol. The van der Waals surface area contributed by atoms with Crippen molar-refractivity contribution in [2.45, 2.75) is 40.5 Å². The molecule has 0 bridgehead atoms. The Hall–Kier alpha value is -2.81. The van der Waals surface area contributed by atoms with E-state index in [9.17, 15) is 9.59 Å². The van der Waals surface area contributed by atoms with Crippen LogP contribution in [-0.4, -0.2) is 67.6 Å². The first kappa shape index (κ1) is 21.9. The zero-order valence-electron chi connectivity index (χ0n) is 18.0. The van der Waals surface area contributed by atoms with E-state index in [1.807, 2.05) is 56.9 Å². The average Bonchev–Trinajstić information content (AvgIpc) is 3.32. The summed E-state index contributed by atoms with van der Waals surface area (Å²) in [6, 6.07) is 7.80. The predicted octanol–water partition coefficient (Wildman–Crippen LogP) is 2.67. The molecule has 1 aromatic carbocycles. The highest BCUT2D eigenvalue weighted by molar-refractivity contribution is 7.19. The van der Waals surface area contributed by atoms with Crippen LogP contribution in [0.4, 0.5) is 0 Å².